The van der Waals surface area contributed by atoms with E-state index in [1.807, 2.05) is 19.1 Å². The van der Waals surface area contributed by atoms with E-state index in [0.29, 0.717) is 11.3 Å². The van der Waals surface area contributed by atoms with Crippen LogP contribution in [0.2, 0.25) is 0 Å². The Labute approximate surface area is 136 Å². The second kappa shape index (κ2) is 7.70. The summed E-state index contributed by atoms with van der Waals surface area (Å²) in [6.45, 7) is 1.80. The SMILES string of the molecule is Cc1cc(OCC(=O)N/N=C/c2ccc(F)cc2)ccc1Br. The molecule has 0 radical (unpaired) electrons. The number of benzene rings is 2. The third-order valence-corrected chi connectivity index (χ3v) is 3.66. The lowest BCUT2D eigenvalue weighted by molar-refractivity contribution is -0.123. The fourth-order valence-electron chi connectivity index (χ4n) is 1.62. The summed E-state index contributed by atoms with van der Waals surface area (Å²) in [5.41, 5.74) is 4.05. The summed E-state index contributed by atoms with van der Waals surface area (Å²) in [7, 11) is 0. The lowest BCUT2D eigenvalue weighted by atomic mass is 10.2. The van der Waals surface area contributed by atoms with E-state index in [1.165, 1.54) is 18.3 Å². The maximum Gasteiger partial charge on any atom is 0.277 e. The van der Waals surface area contributed by atoms with E-state index in [4.69, 9.17) is 4.74 Å². The zero-order valence-electron chi connectivity index (χ0n) is 11.8. The first-order chi connectivity index (χ1) is 10.5. The summed E-state index contributed by atoms with van der Waals surface area (Å²) >= 11 is 3.39. The second-order valence-electron chi connectivity index (χ2n) is 4.54. The number of hydrogen-bond donors (Lipinski definition) is 1. The summed E-state index contributed by atoms with van der Waals surface area (Å²) in [5.74, 6) is -0.0864. The van der Waals surface area contributed by atoms with Crippen LogP contribution in [0.25, 0.3) is 0 Å². The normalized spacial score (nSPS) is 10.7. The van der Waals surface area contributed by atoms with E-state index in [0.717, 1.165) is 10.0 Å². The fourth-order valence-corrected chi connectivity index (χ4v) is 1.86. The Morgan fingerprint density at radius 2 is 2.05 bits per heavy atom. The van der Waals surface area contributed by atoms with Crippen molar-refractivity contribution in [1.29, 1.82) is 0 Å². The number of ether oxygens (including phenoxy) is 1. The van der Waals surface area contributed by atoms with E-state index in [2.05, 4.69) is 26.5 Å². The number of hydrogen-bond acceptors (Lipinski definition) is 3. The molecule has 0 fully saturated rings. The summed E-state index contributed by atoms with van der Waals surface area (Å²) in [6.07, 6.45) is 1.43. The lowest BCUT2D eigenvalue weighted by Gasteiger charge is -2.06. The molecule has 0 aliphatic heterocycles. The van der Waals surface area contributed by atoms with Crippen molar-refractivity contribution in [3.63, 3.8) is 0 Å². The van der Waals surface area contributed by atoms with Crippen LogP contribution in [0.5, 0.6) is 5.75 Å². The maximum atomic E-state index is 12.7. The van der Waals surface area contributed by atoms with Crippen LogP contribution in [0.3, 0.4) is 0 Å². The van der Waals surface area contributed by atoms with Crippen LogP contribution in [0, 0.1) is 12.7 Å². The van der Waals surface area contributed by atoms with Gasteiger partial charge in [-0.05, 0) is 48.4 Å². The van der Waals surface area contributed by atoms with E-state index in [-0.39, 0.29) is 18.3 Å². The quantitative estimate of drug-likeness (QED) is 0.652. The molecule has 0 bridgehead atoms. The van der Waals surface area contributed by atoms with Gasteiger partial charge >= 0.3 is 0 Å². The second-order valence-corrected chi connectivity index (χ2v) is 5.40. The molecule has 0 aliphatic rings. The van der Waals surface area contributed by atoms with Crippen LogP contribution in [0.4, 0.5) is 4.39 Å². The Balaban J connectivity index is 1.80. The summed E-state index contributed by atoms with van der Waals surface area (Å²) in [5, 5.41) is 3.78. The molecule has 1 N–H and O–H groups in total. The highest BCUT2D eigenvalue weighted by molar-refractivity contribution is 9.10. The molecule has 2 aromatic carbocycles. The number of rotatable bonds is 5. The van der Waals surface area contributed by atoms with Gasteiger partial charge in [0.1, 0.15) is 11.6 Å². The van der Waals surface area contributed by atoms with Crippen molar-refractivity contribution < 1.29 is 13.9 Å². The molecule has 0 aliphatic carbocycles. The smallest absolute Gasteiger partial charge is 0.277 e. The van der Waals surface area contributed by atoms with E-state index < -0.39 is 0 Å². The molecule has 22 heavy (non-hydrogen) atoms. The number of carbonyl (C=O) groups is 1. The van der Waals surface area contributed by atoms with Crippen LogP contribution in [-0.4, -0.2) is 18.7 Å². The first-order valence-corrected chi connectivity index (χ1v) is 7.30. The Hall–Kier alpha value is -2.21. The van der Waals surface area contributed by atoms with Gasteiger partial charge in [0, 0.05) is 4.47 Å². The van der Waals surface area contributed by atoms with Crippen LogP contribution in [-0.2, 0) is 4.79 Å². The zero-order chi connectivity index (χ0) is 15.9. The average Bonchev–Trinajstić information content (AvgIpc) is 2.50. The minimum atomic E-state index is -0.376. The molecular weight excluding hydrogens is 351 g/mol. The van der Waals surface area contributed by atoms with Crippen molar-refractivity contribution in [2.75, 3.05) is 6.61 Å². The number of hydrazone groups is 1. The molecule has 0 aromatic heterocycles. The molecule has 6 heteroatoms. The number of carbonyl (C=O) groups excluding carboxylic acids is 1. The predicted octanol–water partition coefficient (Wildman–Crippen LogP) is 3.43. The monoisotopic (exact) mass is 364 g/mol. The highest BCUT2D eigenvalue weighted by Crippen LogP contribution is 2.21. The Kier molecular flexibility index (Phi) is 5.66. The van der Waals surface area contributed by atoms with Gasteiger partial charge in [-0.15, -0.1) is 0 Å². The van der Waals surface area contributed by atoms with E-state index in [1.54, 1.807) is 18.2 Å². The molecule has 2 aromatic rings. The minimum absolute atomic E-state index is 0.137. The van der Waals surface area contributed by atoms with E-state index in [9.17, 15) is 9.18 Å². The molecule has 0 unspecified atom stereocenters. The number of nitrogens with zero attached hydrogens (tertiary/aromatic N) is 1. The lowest BCUT2D eigenvalue weighted by Crippen LogP contribution is -2.24. The number of nitrogens with one attached hydrogen (secondary N) is 1. The van der Waals surface area contributed by atoms with Gasteiger partial charge in [-0.25, -0.2) is 9.82 Å². The Bertz CT molecular complexity index is 687. The van der Waals surface area contributed by atoms with Crippen molar-refractivity contribution in [1.82, 2.24) is 5.43 Å². The average molecular weight is 365 g/mol. The van der Waals surface area contributed by atoms with Gasteiger partial charge in [-0.1, -0.05) is 28.1 Å². The largest absolute Gasteiger partial charge is 0.484 e. The first kappa shape index (κ1) is 16.2. The minimum Gasteiger partial charge on any atom is -0.484 e. The van der Waals surface area contributed by atoms with Gasteiger partial charge in [-0.2, -0.15) is 5.10 Å². The fraction of sp³-hybridized carbons (Fsp3) is 0.125. The first-order valence-electron chi connectivity index (χ1n) is 6.51. The molecule has 2 rings (SSSR count). The number of amides is 1. The number of aryl methyl sites for hydroxylation is 1. The van der Waals surface area contributed by atoms with Crippen LogP contribution < -0.4 is 10.2 Å². The topological polar surface area (TPSA) is 50.7 Å². The maximum absolute atomic E-state index is 12.7. The van der Waals surface area contributed by atoms with Gasteiger partial charge in [-0.3, -0.25) is 4.79 Å². The van der Waals surface area contributed by atoms with Gasteiger partial charge in [0.25, 0.3) is 5.91 Å². The Morgan fingerprint density at radius 3 is 2.73 bits per heavy atom. The number of halogens is 2. The molecule has 0 spiro atoms. The molecule has 114 valence electrons. The third kappa shape index (κ3) is 4.96. The molecule has 0 heterocycles. The predicted molar refractivity (Wildman–Crippen MR) is 86.5 cm³/mol. The third-order valence-electron chi connectivity index (χ3n) is 2.77. The van der Waals surface area contributed by atoms with Crippen molar-refractivity contribution in [3.8, 4) is 5.75 Å². The van der Waals surface area contributed by atoms with Gasteiger partial charge in [0.2, 0.25) is 0 Å². The van der Waals surface area contributed by atoms with E-state index >= 15 is 0 Å². The summed E-state index contributed by atoms with van der Waals surface area (Å²) in [6, 6.07) is 11.2. The Morgan fingerprint density at radius 1 is 1.32 bits per heavy atom. The standard InChI is InChI=1S/C16H14BrFN2O2/c1-11-8-14(6-7-15(11)17)22-10-16(21)20-19-9-12-2-4-13(18)5-3-12/h2-9H,10H2,1H3,(H,20,21)/b19-9+. The van der Waals surface area contributed by atoms with Gasteiger partial charge in [0.05, 0.1) is 6.21 Å². The highest BCUT2D eigenvalue weighted by atomic mass is 79.9. The van der Waals surface area contributed by atoms with Crippen LogP contribution >= 0.6 is 15.9 Å². The summed E-state index contributed by atoms with van der Waals surface area (Å²) < 4.78 is 19.1. The molecule has 1 amide bonds. The van der Waals surface area contributed by atoms with Crippen molar-refractivity contribution in [2.45, 2.75) is 6.92 Å². The van der Waals surface area contributed by atoms with Crippen molar-refractivity contribution >= 4 is 28.1 Å². The van der Waals surface area contributed by atoms with Crippen molar-refractivity contribution in [3.05, 3.63) is 63.9 Å². The van der Waals surface area contributed by atoms with Gasteiger partial charge in [0.15, 0.2) is 6.61 Å². The molecule has 0 atom stereocenters. The van der Waals surface area contributed by atoms with Crippen LogP contribution in [0.1, 0.15) is 11.1 Å². The molecule has 4 nitrogen and oxygen atoms in total. The molecule has 0 saturated carbocycles. The highest BCUT2D eigenvalue weighted by Gasteiger charge is 2.03. The van der Waals surface area contributed by atoms with Gasteiger partial charge < -0.3 is 4.74 Å². The van der Waals surface area contributed by atoms with Crippen LogP contribution in [0.15, 0.2) is 52.0 Å². The van der Waals surface area contributed by atoms with Crippen molar-refractivity contribution in [2.24, 2.45) is 5.10 Å². The zero-order valence-corrected chi connectivity index (χ0v) is 13.4. The summed E-state index contributed by atoms with van der Waals surface area (Å²) in [4.78, 5) is 11.6. The molecule has 0 saturated heterocycles. The molecular formula is C16H14BrFN2O2.